The number of rotatable bonds is 5. The second kappa shape index (κ2) is 8.33. The topological polar surface area (TPSA) is 71.0 Å². The SMILES string of the molecule is CCNC(=NCc1ccc2c(c1)OCO2)NC1CCN(c2ncccc2F)C1. The molecule has 1 atom stereocenters. The van der Waals surface area contributed by atoms with Gasteiger partial charge in [0, 0.05) is 31.9 Å². The van der Waals surface area contributed by atoms with Crippen LogP contribution in [0.4, 0.5) is 10.2 Å². The van der Waals surface area contributed by atoms with Crippen LogP contribution in [-0.2, 0) is 6.54 Å². The molecule has 0 radical (unpaired) electrons. The van der Waals surface area contributed by atoms with Crippen molar-refractivity contribution in [2.45, 2.75) is 25.9 Å². The van der Waals surface area contributed by atoms with Gasteiger partial charge in [0.1, 0.15) is 0 Å². The molecule has 0 aliphatic carbocycles. The summed E-state index contributed by atoms with van der Waals surface area (Å²) in [6, 6.07) is 9.08. The number of fused-ring (bicyclic) bond motifs is 1. The maximum Gasteiger partial charge on any atom is 0.231 e. The summed E-state index contributed by atoms with van der Waals surface area (Å²) in [4.78, 5) is 10.8. The Kier molecular flexibility index (Phi) is 5.45. The van der Waals surface area contributed by atoms with E-state index in [1.807, 2.05) is 30.0 Å². The van der Waals surface area contributed by atoms with Crippen molar-refractivity contribution in [1.82, 2.24) is 15.6 Å². The van der Waals surface area contributed by atoms with Gasteiger partial charge in [-0.25, -0.2) is 14.4 Å². The first kappa shape index (κ1) is 18.3. The molecule has 1 unspecified atom stereocenters. The molecule has 1 aromatic carbocycles. The highest BCUT2D eigenvalue weighted by molar-refractivity contribution is 5.80. The van der Waals surface area contributed by atoms with Crippen molar-refractivity contribution < 1.29 is 13.9 Å². The lowest BCUT2D eigenvalue weighted by Gasteiger charge is -2.20. The summed E-state index contributed by atoms with van der Waals surface area (Å²) >= 11 is 0. The van der Waals surface area contributed by atoms with E-state index in [1.54, 1.807) is 12.3 Å². The van der Waals surface area contributed by atoms with E-state index in [0.29, 0.717) is 18.9 Å². The van der Waals surface area contributed by atoms with Gasteiger partial charge in [0.05, 0.1) is 6.54 Å². The number of hydrogen-bond donors (Lipinski definition) is 2. The molecule has 148 valence electrons. The maximum absolute atomic E-state index is 14.0. The Balaban J connectivity index is 1.38. The molecule has 2 aliphatic rings. The summed E-state index contributed by atoms with van der Waals surface area (Å²) in [5.74, 6) is 2.40. The zero-order valence-electron chi connectivity index (χ0n) is 15.8. The third kappa shape index (κ3) is 4.11. The Morgan fingerprint density at radius 2 is 2.21 bits per heavy atom. The highest BCUT2D eigenvalue weighted by Crippen LogP contribution is 2.32. The van der Waals surface area contributed by atoms with Crippen LogP contribution in [0.2, 0.25) is 0 Å². The van der Waals surface area contributed by atoms with Crippen molar-refractivity contribution >= 4 is 11.8 Å². The van der Waals surface area contributed by atoms with Crippen LogP contribution in [0.25, 0.3) is 0 Å². The molecule has 3 heterocycles. The second-order valence-electron chi connectivity index (χ2n) is 6.77. The monoisotopic (exact) mass is 385 g/mol. The lowest BCUT2D eigenvalue weighted by Crippen LogP contribution is -2.44. The molecule has 1 aromatic heterocycles. The van der Waals surface area contributed by atoms with Gasteiger partial charge < -0.3 is 25.0 Å². The van der Waals surface area contributed by atoms with Crippen LogP contribution in [0.5, 0.6) is 11.5 Å². The van der Waals surface area contributed by atoms with E-state index < -0.39 is 0 Å². The summed E-state index contributed by atoms with van der Waals surface area (Å²) < 4.78 is 24.7. The Morgan fingerprint density at radius 3 is 3.07 bits per heavy atom. The van der Waals surface area contributed by atoms with Gasteiger partial charge in [-0.15, -0.1) is 0 Å². The molecule has 0 saturated carbocycles. The van der Waals surface area contributed by atoms with Gasteiger partial charge in [0.2, 0.25) is 6.79 Å². The van der Waals surface area contributed by atoms with Crippen molar-refractivity contribution in [3.05, 3.63) is 47.9 Å². The van der Waals surface area contributed by atoms with Crippen molar-refractivity contribution in [2.75, 3.05) is 31.3 Å². The molecular weight excluding hydrogens is 361 g/mol. The standard InChI is InChI=1S/C20H24FN5O2/c1-2-22-20(24-11-14-5-6-17-18(10-14)28-13-27-17)25-15-7-9-26(12-15)19-16(21)4-3-8-23-19/h3-6,8,10,15H,2,7,9,11-13H2,1H3,(H2,22,24,25). The Morgan fingerprint density at radius 1 is 1.32 bits per heavy atom. The molecule has 1 fully saturated rings. The van der Waals surface area contributed by atoms with Gasteiger partial charge in [-0.1, -0.05) is 6.07 Å². The van der Waals surface area contributed by atoms with Crippen LogP contribution in [0, 0.1) is 5.82 Å². The summed E-state index contributed by atoms with van der Waals surface area (Å²) in [7, 11) is 0. The highest BCUT2D eigenvalue weighted by Gasteiger charge is 2.26. The molecule has 2 aliphatic heterocycles. The number of halogens is 1. The predicted molar refractivity (Wildman–Crippen MR) is 105 cm³/mol. The fourth-order valence-corrected chi connectivity index (χ4v) is 3.40. The summed E-state index contributed by atoms with van der Waals surface area (Å²) in [5, 5.41) is 6.72. The maximum atomic E-state index is 14.0. The minimum atomic E-state index is -0.286. The normalized spacial score (nSPS) is 18.4. The van der Waals surface area contributed by atoms with Crippen molar-refractivity contribution in [3.63, 3.8) is 0 Å². The zero-order valence-corrected chi connectivity index (χ0v) is 15.8. The number of nitrogens with one attached hydrogen (secondary N) is 2. The van der Waals surface area contributed by atoms with E-state index in [4.69, 9.17) is 9.47 Å². The van der Waals surface area contributed by atoms with E-state index in [2.05, 4.69) is 20.6 Å². The second-order valence-corrected chi connectivity index (χ2v) is 6.77. The van der Waals surface area contributed by atoms with Crippen LogP contribution in [0.15, 0.2) is 41.5 Å². The van der Waals surface area contributed by atoms with Crippen LogP contribution in [0.1, 0.15) is 18.9 Å². The van der Waals surface area contributed by atoms with Gasteiger partial charge in [-0.3, -0.25) is 0 Å². The molecule has 8 heteroatoms. The van der Waals surface area contributed by atoms with Crippen LogP contribution < -0.4 is 25.0 Å². The number of nitrogens with zero attached hydrogens (tertiary/aromatic N) is 3. The molecule has 0 amide bonds. The average Bonchev–Trinajstić information content (AvgIpc) is 3.35. The zero-order chi connectivity index (χ0) is 19.3. The number of guanidine groups is 1. The third-order valence-corrected chi connectivity index (χ3v) is 4.77. The van der Waals surface area contributed by atoms with Crippen LogP contribution in [-0.4, -0.2) is 43.4 Å². The van der Waals surface area contributed by atoms with Gasteiger partial charge in [0.25, 0.3) is 0 Å². The minimum Gasteiger partial charge on any atom is -0.454 e. The summed E-state index contributed by atoms with van der Waals surface area (Å²) in [6.07, 6.45) is 2.51. The Labute approximate surface area is 163 Å². The van der Waals surface area contributed by atoms with Crippen LogP contribution >= 0.6 is 0 Å². The number of aromatic nitrogens is 1. The molecule has 0 bridgehead atoms. The van der Waals surface area contributed by atoms with E-state index in [1.165, 1.54) is 6.07 Å². The number of benzene rings is 1. The fourth-order valence-electron chi connectivity index (χ4n) is 3.40. The van der Waals surface area contributed by atoms with Crippen molar-refractivity contribution in [1.29, 1.82) is 0 Å². The van der Waals surface area contributed by atoms with Gasteiger partial charge in [-0.2, -0.15) is 0 Å². The Bertz CT molecular complexity index is 860. The van der Waals surface area contributed by atoms with Crippen LogP contribution in [0.3, 0.4) is 0 Å². The summed E-state index contributed by atoms with van der Waals surface area (Å²) in [5.41, 5.74) is 1.05. The molecule has 0 spiro atoms. The number of hydrogen-bond acceptors (Lipinski definition) is 5. The molecule has 2 aromatic rings. The first-order valence-electron chi connectivity index (χ1n) is 9.52. The average molecular weight is 385 g/mol. The van der Waals surface area contributed by atoms with Gasteiger partial charge >= 0.3 is 0 Å². The molecule has 2 N–H and O–H groups in total. The smallest absolute Gasteiger partial charge is 0.231 e. The van der Waals surface area contributed by atoms with E-state index in [9.17, 15) is 4.39 Å². The lowest BCUT2D eigenvalue weighted by molar-refractivity contribution is 0.174. The summed E-state index contributed by atoms with van der Waals surface area (Å²) in [6.45, 7) is 5.02. The fraction of sp³-hybridized carbons (Fsp3) is 0.400. The largest absolute Gasteiger partial charge is 0.454 e. The molecule has 28 heavy (non-hydrogen) atoms. The van der Waals surface area contributed by atoms with E-state index >= 15 is 0 Å². The van der Waals surface area contributed by atoms with Crippen molar-refractivity contribution in [3.8, 4) is 11.5 Å². The molecule has 7 nitrogen and oxygen atoms in total. The van der Waals surface area contributed by atoms with E-state index in [-0.39, 0.29) is 18.7 Å². The third-order valence-electron chi connectivity index (χ3n) is 4.77. The number of ether oxygens (including phenoxy) is 2. The highest BCUT2D eigenvalue weighted by atomic mass is 19.1. The molecular formula is C20H24FN5O2. The first-order valence-corrected chi connectivity index (χ1v) is 9.52. The quantitative estimate of drug-likeness (QED) is 0.608. The minimum absolute atomic E-state index is 0.177. The lowest BCUT2D eigenvalue weighted by atomic mass is 10.2. The number of anilines is 1. The Hall–Kier alpha value is -3.03. The number of pyridine rings is 1. The van der Waals surface area contributed by atoms with Gasteiger partial charge in [0.15, 0.2) is 29.1 Å². The van der Waals surface area contributed by atoms with E-state index in [0.717, 1.165) is 42.5 Å². The predicted octanol–water partition coefficient (Wildman–Crippen LogP) is 2.28. The molecule has 1 saturated heterocycles. The van der Waals surface area contributed by atoms with Gasteiger partial charge in [-0.05, 0) is 43.2 Å². The van der Waals surface area contributed by atoms with Crippen molar-refractivity contribution in [2.24, 2.45) is 4.99 Å². The molecule has 4 rings (SSSR count). The number of aliphatic imine (C=N–C) groups is 1. The first-order chi connectivity index (χ1) is 13.7.